The van der Waals surface area contributed by atoms with E-state index in [1.165, 1.54) is 10.1 Å². The van der Waals surface area contributed by atoms with Crippen molar-refractivity contribution in [3.63, 3.8) is 0 Å². The fourth-order valence-corrected chi connectivity index (χ4v) is 4.88. The molecule has 0 amide bonds. The van der Waals surface area contributed by atoms with Gasteiger partial charge in [-0.1, -0.05) is 81.2 Å². The Morgan fingerprint density at radius 3 is 2.58 bits per heavy atom. The summed E-state index contributed by atoms with van der Waals surface area (Å²) in [6, 6.07) is 25.8. The number of aryl methyl sites for hydroxylation is 1. The molecule has 5 rings (SSSR count). The molecule has 7 heteroatoms. The standard InChI is InChI=1S/C29H23Br2N3O2/c1-2-6-28-33-26-13-11-23(31)16-25(26)29(35)34(28)32-17-21-15-22(30)12-14-27(21)36-18-20-9-5-8-19-7-3-4-10-24(19)20/h3-5,7-17H,2,6,18H2,1H3. The first-order valence-corrected chi connectivity index (χ1v) is 13.3. The Balaban J connectivity index is 1.51. The monoisotopic (exact) mass is 603 g/mol. The normalized spacial score (nSPS) is 11.5. The average molecular weight is 605 g/mol. The maximum Gasteiger partial charge on any atom is 0.282 e. The number of hydrogen-bond acceptors (Lipinski definition) is 4. The van der Waals surface area contributed by atoms with Gasteiger partial charge in [0, 0.05) is 20.9 Å². The van der Waals surface area contributed by atoms with Crippen molar-refractivity contribution in [3.05, 3.63) is 115 Å². The number of rotatable bonds is 7. The van der Waals surface area contributed by atoms with Crippen LogP contribution in [-0.4, -0.2) is 15.9 Å². The summed E-state index contributed by atoms with van der Waals surface area (Å²) in [4.78, 5) is 18.0. The number of benzene rings is 4. The van der Waals surface area contributed by atoms with Crippen molar-refractivity contribution in [1.29, 1.82) is 0 Å². The van der Waals surface area contributed by atoms with Crippen molar-refractivity contribution in [2.45, 2.75) is 26.4 Å². The molecule has 0 saturated carbocycles. The van der Waals surface area contributed by atoms with Gasteiger partial charge in [0.25, 0.3) is 5.56 Å². The van der Waals surface area contributed by atoms with E-state index in [4.69, 9.17) is 9.72 Å². The molecular formula is C29H23Br2N3O2. The number of aromatic nitrogens is 2. The zero-order valence-electron chi connectivity index (χ0n) is 19.6. The minimum atomic E-state index is -0.200. The quantitative estimate of drug-likeness (QED) is 0.181. The highest BCUT2D eigenvalue weighted by atomic mass is 79.9. The lowest BCUT2D eigenvalue weighted by molar-refractivity contribution is 0.307. The average Bonchev–Trinajstić information content (AvgIpc) is 2.88. The van der Waals surface area contributed by atoms with Crippen molar-refractivity contribution in [1.82, 2.24) is 9.66 Å². The maximum absolute atomic E-state index is 13.3. The first kappa shape index (κ1) is 24.4. The van der Waals surface area contributed by atoms with E-state index in [-0.39, 0.29) is 5.56 Å². The molecule has 36 heavy (non-hydrogen) atoms. The van der Waals surface area contributed by atoms with Crippen LogP contribution in [0.15, 0.2) is 97.7 Å². The molecule has 1 aromatic heterocycles. The van der Waals surface area contributed by atoms with Crippen LogP contribution in [0.3, 0.4) is 0 Å². The van der Waals surface area contributed by atoms with Crippen molar-refractivity contribution >= 4 is 59.7 Å². The summed E-state index contributed by atoms with van der Waals surface area (Å²) in [5, 5.41) is 7.44. The molecule has 0 bridgehead atoms. The van der Waals surface area contributed by atoms with Crippen LogP contribution in [-0.2, 0) is 13.0 Å². The van der Waals surface area contributed by atoms with Crippen LogP contribution in [0.5, 0.6) is 5.75 Å². The van der Waals surface area contributed by atoms with E-state index in [0.717, 1.165) is 31.9 Å². The highest BCUT2D eigenvalue weighted by Gasteiger charge is 2.11. The molecule has 0 radical (unpaired) electrons. The molecule has 0 spiro atoms. The zero-order chi connectivity index (χ0) is 25.1. The van der Waals surface area contributed by atoms with E-state index >= 15 is 0 Å². The second-order valence-corrected chi connectivity index (χ2v) is 10.2. The molecule has 0 unspecified atom stereocenters. The Bertz CT molecular complexity index is 1660. The Morgan fingerprint density at radius 2 is 1.72 bits per heavy atom. The summed E-state index contributed by atoms with van der Waals surface area (Å²) in [7, 11) is 0. The summed E-state index contributed by atoms with van der Waals surface area (Å²) in [6.07, 6.45) is 3.15. The van der Waals surface area contributed by atoms with Crippen LogP contribution < -0.4 is 10.3 Å². The number of nitrogens with zero attached hydrogens (tertiary/aromatic N) is 3. The Hall–Kier alpha value is -3.29. The molecule has 0 saturated heterocycles. The maximum atomic E-state index is 13.3. The first-order valence-electron chi connectivity index (χ1n) is 11.7. The van der Waals surface area contributed by atoms with Gasteiger partial charge in [-0.05, 0) is 59.2 Å². The van der Waals surface area contributed by atoms with E-state index in [1.54, 1.807) is 12.3 Å². The third kappa shape index (κ3) is 5.13. The van der Waals surface area contributed by atoms with Gasteiger partial charge in [0.15, 0.2) is 0 Å². The van der Waals surface area contributed by atoms with Gasteiger partial charge in [0.1, 0.15) is 18.2 Å². The molecule has 5 nitrogen and oxygen atoms in total. The number of halogens is 2. The van der Waals surface area contributed by atoms with Gasteiger partial charge in [0.2, 0.25) is 0 Å². The van der Waals surface area contributed by atoms with Crippen LogP contribution in [0, 0.1) is 0 Å². The molecular weight excluding hydrogens is 582 g/mol. The second kappa shape index (κ2) is 10.8. The van der Waals surface area contributed by atoms with Crippen molar-refractivity contribution < 1.29 is 4.74 Å². The molecule has 0 atom stereocenters. The number of ether oxygens (including phenoxy) is 1. The topological polar surface area (TPSA) is 56.5 Å². The Labute approximate surface area is 225 Å². The van der Waals surface area contributed by atoms with Crippen molar-refractivity contribution in [2.24, 2.45) is 5.10 Å². The largest absolute Gasteiger partial charge is 0.488 e. The van der Waals surface area contributed by atoms with E-state index in [0.29, 0.717) is 35.5 Å². The lowest BCUT2D eigenvalue weighted by atomic mass is 10.1. The molecule has 1 heterocycles. The van der Waals surface area contributed by atoms with Gasteiger partial charge in [-0.15, -0.1) is 0 Å². The van der Waals surface area contributed by atoms with E-state index in [9.17, 15) is 4.79 Å². The van der Waals surface area contributed by atoms with Gasteiger partial charge < -0.3 is 4.74 Å². The predicted octanol–water partition coefficient (Wildman–Crippen LogP) is 7.49. The second-order valence-electron chi connectivity index (χ2n) is 8.41. The lowest BCUT2D eigenvalue weighted by Crippen LogP contribution is -2.22. The summed E-state index contributed by atoms with van der Waals surface area (Å²) in [5.74, 6) is 1.30. The Kier molecular flexibility index (Phi) is 7.30. The van der Waals surface area contributed by atoms with Gasteiger partial charge in [-0.25, -0.2) is 4.98 Å². The fraction of sp³-hybridized carbons (Fsp3) is 0.138. The van der Waals surface area contributed by atoms with E-state index in [2.05, 4.69) is 68.2 Å². The number of fused-ring (bicyclic) bond motifs is 2. The molecule has 5 aromatic rings. The van der Waals surface area contributed by atoms with Gasteiger partial charge in [0.05, 0.1) is 17.1 Å². The SMILES string of the molecule is CCCc1nc2ccc(Br)cc2c(=O)n1N=Cc1cc(Br)ccc1OCc1cccc2ccccc12. The van der Waals surface area contributed by atoms with Crippen molar-refractivity contribution in [2.75, 3.05) is 0 Å². The van der Waals surface area contributed by atoms with Crippen LogP contribution in [0.25, 0.3) is 21.7 Å². The van der Waals surface area contributed by atoms with Gasteiger partial charge in [-0.2, -0.15) is 9.78 Å². The Morgan fingerprint density at radius 1 is 0.944 bits per heavy atom. The van der Waals surface area contributed by atoms with E-state index < -0.39 is 0 Å². The molecule has 0 aliphatic rings. The van der Waals surface area contributed by atoms with Crippen LogP contribution in [0.4, 0.5) is 0 Å². The minimum Gasteiger partial charge on any atom is -0.488 e. The molecule has 0 aliphatic heterocycles. The van der Waals surface area contributed by atoms with Crippen LogP contribution in [0.1, 0.15) is 30.3 Å². The highest BCUT2D eigenvalue weighted by Crippen LogP contribution is 2.25. The molecule has 0 aliphatic carbocycles. The summed E-state index contributed by atoms with van der Waals surface area (Å²) in [6.45, 7) is 2.47. The van der Waals surface area contributed by atoms with E-state index in [1.807, 2.05) is 48.5 Å². The molecule has 180 valence electrons. The fourth-order valence-electron chi connectivity index (χ4n) is 4.14. The molecule has 4 aromatic carbocycles. The first-order chi connectivity index (χ1) is 17.5. The third-order valence-corrected chi connectivity index (χ3v) is 6.88. The lowest BCUT2D eigenvalue weighted by Gasteiger charge is -2.12. The van der Waals surface area contributed by atoms with Crippen molar-refractivity contribution in [3.8, 4) is 5.75 Å². The smallest absolute Gasteiger partial charge is 0.282 e. The predicted molar refractivity (Wildman–Crippen MR) is 153 cm³/mol. The minimum absolute atomic E-state index is 0.200. The summed E-state index contributed by atoms with van der Waals surface area (Å²) >= 11 is 6.99. The number of hydrogen-bond donors (Lipinski definition) is 0. The molecule has 0 N–H and O–H groups in total. The van der Waals surface area contributed by atoms with Crippen LogP contribution in [0.2, 0.25) is 0 Å². The summed E-state index contributed by atoms with van der Waals surface area (Å²) < 4.78 is 9.36. The third-order valence-electron chi connectivity index (χ3n) is 5.90. The summed E-state index contributed by atoms with van der Waals surface area (Å²) in [5.41, 5.74) is 2.33. The van der Waals surface area contributed by atoms with Gasteiger partial charge in [-0.3, -0.25) is 4.79 Å². The van der Waals surface area contributed by atoms with Gasteiger partial charge >= 0.3 is 0 Å². The zero-order valence-corrected chi connectivity index (χ0v) is 22.8. The molecule has 0 fully saturated rings. The van der Waals surface area contributed by atoms with Crippen LogP contribution >= 0.6 is 31.9 Å². The highest BCUT2D eigenvalue weighted by molar-refractivity contribution is 9.10.